The van der Waals surface area contributed by atoms with E-state index in [4.69, 9.17) is 16.3 Å². The second kappa shape index (κ2) is 10.7. The third-order valence-corrected chi connectivity index (χ3v) is 6.98. The zero-order chi connectivity index (χ0) is 23.2. The van der Waals surface area contributed by atoms with Gasteiger partial charge >= 0.3 is 5.97 Å². The summed E-state index contributed by atoms with van der Waals surface area (Å²) in [6.45, 7) is 5.02. The number of para-hydroxylation sites is 1. The lowest BCUT2D eigenvalue weighted by Gasteiger charge is -2.20. The van der Waals surface area contributed by atoms with Crippen molar-refractivity contribution in [2.45, 2.75) is 44.1 Å². The van der Waals surface area contributed by atoms with E-state index in [1.54, 1.807) is 6.07 Å². The fraction of sp³-hybridized carbons (Fsp3) is 0.364. The van der Waals surface area contributed by atoms with Crippen molar-refractivity contribution in [2.75, 3.05) is 18.9 Å². The van der Waals surface area contributed by atoms with Gasteiger partial charge in [-0.1, -0.05) is 43.6 Å². The maximum atomic E-state index is 12.6. The van der Waals surface area contributed by atoms with Gasteiger partial charge in [-0.25, -0.2) is 8.42 Å². The maximum absolute atomic E-state index is 12.6. The number of carbonyl (C=O) groups excluding carboxylic acids is 2. The predicted molar refractivity (Wildman–Crippen MR) is 121 cm³/mol. The highest BCUT2D eigenvalue weighted by Crippen LogP contribution is 2.26. The molecule has 168 valence electrons. The predicted octanol–water partition coefficient (Wildman–Crippen LogP) is 4.04. The molecule has 0 saturated heterocycles. The summed E-state index contributed by atoms with van der Waals surface area (Å²) in [4.78, 5) is 24.8. The number of benzene rings is 2. The average molecular weight is 467 g/mol. The van der Waals surface area contributed by atoms with Gasteiger partial charge < -0.3 is 10.1 Å². The Kier molecular flexibility index (Phi) is 8.61. The first-order valence-electron chi connectivity index (χ1n) is 9.87. The standard InChI is InChI=1S/C22H27ClN2O5S/c1-5-15(2)19-8-6-7-9-20(19)24-22(27)16(3)30-21(26)14-25(4)31(28,29)18-12-10-17(23)11-13-18/h6-13,15-16H,5,14H2,1-4H3,(H,24,27). The van der Waals surface area contributed by atoms with Crippen LogP contribution in [0.15, 0.2) is 53.4 Å². The number of amides is 1. The molecule has 0 heterocycles. The summed E-state index contributed by atoms with van der Waals surface area (Å²) < 4.78 is 31.1. The molecule has 0 aromatic heterocycles. The monoisotopic (exact) mass is 466 g/mol. The lowest BCUT2D eigenvalue weighted by Crippen LogP contribution is -2.37. The fourth-order valence-corrected chi connectivity index (χ4v) is 4.08. The van der Waals surface area contributed by atoms with E-state index in [-0.39, 0.29) is 10.8 Å². The largest absolute Gasteiger partial charge is 0.452 e. The molecular formula is C22H27ClN2O5S. The number of anilines is 1. The van der Waals surface area contributed by atoms with Crippen molar-refractivity contribution in [2.24, 2.45) is 0 Å². The molecule has 31 heavy (non-hydrogen) atoms. The highest BCUT2D eigenvalue weighted by Gasteiger charge is 2.26. The van der Waals surface area contributed by atoms with Crippen LogP contribution in [0.2, 0.25) is 5.02 Å². The van der Waals surface area contributed by atoms with Gasteiger partial charge in [0.05, 0.1) is 4.90 Å². The number of ether oxygens (including phenoxy) is 1. The fourth-order valence-electron chi connectivity index (χ4n) is 2.84. The third-order valence-electron chi connectivity index (χ3n) is 4.91. The topological polar surface area (TPSA) is 92.8 Å². The van der Waals surface area contributed by atoms with Gasteiger partial charge in [-0.3, -0.25) is 9.59 Å². The Morgan fingerprint density at radius 3 is 2.32 bits per heavy atom. The second-order valence-corrected chi connectivity index (χ2v) is 9.71. The van der Waals surface area contributed by atoms with Crippen LogP contribution in [-0.4, -0.2) is 44.3 Å². The molecule has 2 aromatic rings. The summed E-state index contributed by atoms with van der Waals surface area (Å²) in [5.41, 5.74) is 1.65. The van der Waals surface area contributed by atoms with Gasteiger partial charge in [0.25, 0.3) is 5.91 Å². The van der Waals surface area contributed by atoms with E-state index in [0.29, 0.717) is 10.7 Å². The summed E-state index contributed by atoms with van der Waals surface area (Å²) in [5.74, 6) is -1.08. The van der Waals surface area contributed by atoms with Crippen LogP contribution in [0.4, 0.5) is 5.69 Å². The number of rotatable bonds is 9. The van der Waals surface area contributed by atoms with Crippen LogP contribution < -0.4 is 5.32 Å². The Hall–Kier alpha value is -2.42. The summed E-state index contributed by atoms with van der Waals surface area (Å²) in [6, 6.07) is 13.0. The molecule has 0 radical (unpaired) electrons. The molecule has 2 atom stereocenters. The molecule has 0 spiro atoms. The Morgan fingerprint density at radius 1 is 1.10 bits per heavy atom. The molecule has 0 aliphatic rings. The van der Waals surface area contributed by atoms with Gasteiger partial charge in [0.15, 0.2) is 6.10 Å². The number of esters is 1. The summed E-state index contributed by atoms with van der Waals surface area (Å²) in [5, 5.41) is 3.18. The zero-order valence-electron chi connectivity index (χ0n) is 18.0. The quantitative estimate of drug-likeness (QED) is 0.563. The number of likely N-dealkylation sites (N-methyl/N-ethyl adjacent to an activating group) is 1. The molecule has 7 nitrogen and oxygen atoms in total. The maximum Gasteiger partial charge on any atom is 0.322 e. The van der Waals surface area contributed by atoms with Crippen LogP contribution in [0.25, 0.3) is 0 Å². The van der Waals surface area contributed by atoms with E-state index < -0.39 is 34.5 Å². The van der Waals surface area contributed by atoms with Crippen LogP contribution in [-0.2, 0) is 24.3 Å². The Bertz CT molecular complexity index is 1020. The lowest BCUT2D eigenvalue weighted by molar-refractivity contribution is -0.153. The zero-order valence-corrected chi connectivity index (χ0v) is 19.5. The summed E-state index contributed by atoms with van der Waals surface area (Å²) in [6.07, 6.45) is -0.185. The smallest absolute Gasteiger partial charge is 0.322 e. The normalized spacial score (nSPS) is 13.5. The Balaban J connectivity index is 1.99. The molecule has 2 aromatic carbocycles. The summed E-state index contributed by atoms with van der Waals surface area (Å²) >= 11 is 5.79. The van der Waals surface area contributed by atoms with E-state index in [0.717, 1.165) is 16.3 Å². The van der Waals surface area contributed by atoms with Crippen LogP contribution >= 0.6 is 11.6 Å². The molecule has 0 aliphatic carbocycles. The number of hydrogen-bond donors (Lipinski definition) is 1. The number of nitrogens with one attached hydrogen (secondary N) is 1. The first-order chi connectivity index (χ1) is 14.6. The molecule has 9 heteroatoms. The minimum atomic E-state index is -3.90. The van der Waals surface area contributed by atoms with Gasteiger partial charge in [0.2, 0.25) is 10.0 Å². The minimum absolute atomic E-state index is 0.000331. The van der Waals surface area contributed by atoms with Gasteiger partial charge in [-0.2, -0.15) is 4.31 Å². The molecule has 0 aliphatic heterocycles. The molecule has 2 unspecified atom stereocenters. The first kappa shape index (κ1) is 24.8. The van der Waals surface area contributed by atoms with Gasteiger partial charge in [-0.15, -0.1) is 0 Å². The number of halogens is 1. The lowest BCUT2D eigenvalue weighted by atomic mass is 9.97. The van der Waals surface area contributed by atoms with Crippen molar-refractivity contribution in [3.05, 3.63) is 59.1 Å². The number of hydrogen-bond acceptors (Lipinski definition) is 5. The number of nitrogens with zero attached hydrogens (tertiary/aromatic N) is 1. The van der Waals surface area contributed by atoms with E-state index in [1.807, 2.05) is 18.2 Å². The molecule has 1 amide bonds. The van der Waals surface area contributed by atoms with Gasteiger partial charge in [0.1, 0.15) is 6.54 Å². The van der Waals surface area contributed by atoms with E-state index in [9.17, 15) is 18.0 Å². The molecule has 0 fully saturated rings. The van der Waals surface area contributed by atoms with Crippen molar-refractivity contribution in [3.63, 3.8) is 0 Å². The van der Waals surface area contributed by atoms with Crippen molar-refractivity contribution >= 4 is 39.2 Å². The van der Waals surface area contributed by atoms with Crippen molar-refractivity contribution in [1.82, 2.24) is 4.31 Å². The number of carbonyl (C=O) groups is 2. The molecule has 1 N–H and O–H groups in total. The summed E-state index contributed by atoms with van der Waals surface area (Å²) in [7, 11) is -2.64. The highest BCUT2D eigenvalue weighted by molar-refractivity contribution is 7.89. The van der Waals surface area contributed by atoms with Gasteiger partial charge in [-0.05, 0) is 55.2 Å². The molecule has 0 saturated carbocycles. The molecular weight excluding hydrogens is 440 g/mol. The first-order valence-corrected chi connectivity index (χ1v) is 11.7. The van der Waals surface area contributed by atoms with Crippen molar-refractivity contribution in [1.29, 1.82) is 0 Å². The Morgan fingerprint density at radius 2 is 1.71 bits per heavy atom. The van der Waals surface area contributed by atoms with Crippen LogP contribution in [0.1, 0.15) is 38.7 Å². The highest BCUT2D eigenvalue weighted by atomic mass is 35.5. The van der Waals surface area contributed by atoms with E-state index in [2.05, 4.69) is 19.2 Å². The van der Waals surface area contributed by atoms with Crippen molar-refractivity contribution < 1.29 is 22.7 Å². The van der Waals surface area contributed by atoms with E-state index in [1.165, 1.54) is 38.2 Å². The van der Waals surface area contributed by atoms with E-state index >= 15 is 0 Å². The third kappa shape index (κ3) is 6.53. The molecule has 0 bridgehead atoms. The minimum Gasteiger partial charge on any atom is -0.452 e. The van der Waals surface area contributed by atoms with Crippen LogP contribution in [0, 0.1) is 0 Å². The number of sulfonamides is 1. The van der Waals surface area contributed by atoms with Crippen LogP contribution in [0.5, 0.6) is 0 Å². The SMILES string of the molecule is CCC(C)c1ccccc1NC(=O)C(C)OC(=O)CN(C)S(=O)(=O)c1ccc(Cl)cc1. The Labute approximate surface area is 188 Å². The second-order valence-electron chi connectivity index (χ2n) is 7.23. The average Bonchev–Trinajstić information content (AvgIpc) is 2.73. The van der Waals surface area contributed by atoms with Gasteiger partial charge in [0, 0.05) is 17.8 Å². The van der Waals surface area contributed by atoms with Crippen molar-refractivity contribution in [3.8, 4) is 0 Å². The van der Waals surface area contributed by atoms with Crippen LogP contribution in [0.3, 0.4) is 0 Å². The molecule has 2 rings (SSSR count).